The van der Waals surface area contributed by atoms with Crippen molar-refractivity contribution in [2.75, 3.05) is 12.9 Å². The fraction of sp³-hybridized carbons (Fsp3) is 0.625. The van der Waals surface area contributed by atoms with Gasteiger partial charge in [-0.3, -0.25) is 9.59 Å². The fourth-order valence-corrected chi connectivity index (χ4v) is 1.85. The van der Waals surface area contributed by atoms with Crippen LogP contribution < -0.4 is 4.72 Å². The lowest BCUT2D eigenvalue weighted by molar-refractivity contribution is -0.142. The summed E-state index contributed by atoms with van der Waals surface area (Å²) in [6.45, 7) is 0. The van der Waals surface area contributed by atoms with E-state index in [1.807, 2.05) is 4.72 Å². The average molecular weight is 264 g/mol. The summed E-state index contributed by atoms with van der Waals surface area (Å²) in [6.07, 6.45) is -0.477. The Kier molecular flexibility index (Phi) is 6.16. The lowest BCUT2D eigenvalue weighted by Gasteiger charge is -2.12. The summed E-state index contributed by atoms with van der Waals surface area (Å²) < 4.78 is 28.4. The minimum absolute atomic E-state index is 0.234. The van der Waals surface area contributed by atoms with Gasteiger partial charge in [0.15, 0.2) is 5.75 Å². The number of aliphatic carboxylic acids is 1. The van der Waals surface area contributed by atoms with Crippen LogP contribution in [-0.4, -0.2) is 44.4 Å². The van der Waals surface area contributed by atoms with Crippen molar-refractivity contribution in [3.05, 3.63) is 0 Å². The zero-order valence-electron chi connectivity index (χ0n) is 9.04. The Balaban J connectivity index is 4.52. The standard InChI is InChI=1S/C8H12N2O6S/c1-16-7(11)3-2-6(8(12)13)10-17(14,15)5-4-9/h6,10H,2-3,5H2,1H3,(H,12,13). The number of carboxylic acid groups (broad SMARTS) is 1. The predicted octanol–water partition coefficient (Wildman–Crippen LogP) is -1.16. The molecule has 0 spiro atoms. The maximum absolute atomic E-state index is 11.1. The number of ether oxygens (including phenoxy) is 1. The number of nitrogens with zero attached hydrogens (tertiary/aromatic N) is 1. The SMILES string of the molecule is COC(=O)CCC(NS(=O)(=O)CC#N)C(=O)O. The molecule has 0 radical (unpaired) electrons. The molecule has 17 heavy (non-hydrogen) atoms. The van der Waals surface area contributed by atoms with Crippen molar-refractivity contribution in [3.63, 3.8) is 0 Å². The van der Waals surface area contributed by atoms with Crippen LogP contribution >= 0.6 is 0 Å². The summed E-state index contributed by atoms with van der Waals surface area (Å²) in [5.74, 6) is -2.90. The minimum atomic E-state index is -3.97. The number of hydrogen-bond donors (Lipinski definition) is 2. The van der Waals surface area contributed by atoms with Crippen molar-refractivity contribution in [2.45, 2.75) is 18.9 Å². The van der Waals surface area contributed by atoms with Gasteiger partial charge in [0.1, 0.15) is 6.04 Å². The number of hydrogen-bond acceptors (Lipinski definition) is 6. The molecule has 0 aliphatic heterocycles. The van der Waals surface area contributed by atoms with Gasteiger partial charge >= 0.3 is 11.9 Å². The van der Waals surface area contributed by atoms with E-state index in [4.69, 9.17) is 10.4 Å². The van der Waals surface area contributed by atoms with E-state index >= 15 is 0 Å². The van der Waals surface area contributed by atoms with E-state index in [9.17, 15) is 18.0 Å². The number of nitrogens with one attached hydrogen (secondary N) is 1. The van der Waals surface area contributed by atoms with Crippen LogP contribution in [0.1, 0.15) is 12.8 Å². The molecule has 0 bridgehead atoms. The third-order valence-corrected chi connectivity index (χ3v) is 2.89. The first-order valence-corrected chi connectivity index (χ1v) is 6.14. The van der Waals surface area contributed by atoms with E-state index in [1.54, 1.807) is 0 Å². The Morgan fingerprint density at radius 2 is 2.12 bits per heavy atom. The maximum Gasteiger partial charge on any atom is 0.321 e. The molecule has 8 nitrogen and oxygen atoms in total. The first kappa shape index (κ1) is 15.3. The number of sulfonamides is 1. The average Bonchev–Trinajstić information content (AvgIpc) is 2.23. The number of methoxy groups -OCH3 is 1. The summed E-state index contributed by atoms with van der Waals surface area (Å²) in [6, 6.07) is -0.0582. The van der Waals surface area contributed by atoms with Gasteiger partial charge < -0.3 is 9.84 Å². The molecule has 96 valence electrons. The van der Waals surface area contributed by atoms with Gasteiger partial charge in [-0.25, -0.2) is 13.1 Å². The molecule has 2 N–H and O–H groups in total. The zero-order valence-corrected chi connectivity index (χ0v) is 9.86. The van der Waals surface area contributed by atoms with E-state index < -0.39 is 33.8 Å². The second kappa shape index (κ2) is 6.82. The summed E-state index contributed by atoms with van der Waals surface area (Å²) in [4.78, 5) is 21.5. The van der Waals surface area contributed by atoms with Gasteiger partial charge in [-0.05, 0) is 6.42 Å². The number of esters is 1. The van der Waals surface area contributed by atoms with E-state index in [0.29, 0.717) is 0 Å². The van der Waals surface area contributed by atoms with Gasteiger partial charge in [0, 0.05) is 6.42 Å². The number of carbonyl (C=O) groups is 2. The largest absolute Gasteiger partial charge is 0.480 e. The van der Waals surface area contributed by atoms with Crippen molar-refractivity contribution in [2.24, 2.45) is 0 Å². The molecule has 0 aromatic heterocycles. The Morgan fingerprint density at radius 3 is 2.53 bits per heavy atom. The minimum Gasteiger partial charge on any atom is -0.480 e. The van der Waals surface area contributed by atoms with E-state index in [0.717, 1.165) is 7.11 Å². The van der Waals surface area contributed by atoms with Crippen molar-refractivity contribution in [3.8, 4) is 6.07 Å². The Bertz CT molecular complexity index is 424. The van der Waals surface area contributed by atoms with Gasteiger partial charge in [-0.15, -0.1) is 0 Å². The lowest BCUT2D eigenvalue weighted by Crippen LogP contribution is -2.41. The van der Waals surface area contributed by atoms with Crippen molar-refractivity contribution < 1.29 is 27.9 Å². The van der Waals surface area contributed by atoms with E-state index in [1.165, 1.54) is 6.07 Å². The number of carboxylic acids is 1. The van der Waals surface area contributed by atoms with Crippen LogP contribution in [-0.2, 0) is 24.3 Å². The molecule has 0 rings (SSSR count). The topological polar surface area (TPSA) is 134 Å². The molecular formula is C8H12N2O6S. The molecule has 0 aromatic rings. The summed E-state index contributed by atoms with van der Waals surface area (Å²) in [5.41, 5.74) is 0. The van der Waals surface area contributed by atoms with Gasteiger partial charge in [0.05, 0.1) is 13.2 Å². The summed E-state index contributed by atoms with van der Waals surface area (Å²) >= 11 is 0. The molecular weight excluding hydrogens is 252 g/mol. The highest BCUT2D eigenvalue weighted by Gasteiger charge is 2.24. The summed E-state index contributed by atoms with van der Waals surface area (Å²) in [7, 11) is -2.84. The lowest BCUT2D eigenvalue weighted by atomic mass is 10.2. The van der Waals surface area contributed by atoms with Crippen LogP contribution in [0, 0.1) is 11.3 Å². The molecule has 0 saturated heterocycles. The van der Waals surface area contributed by atoms with Gasteiger partial charge in [0.25, 0.3) is 0 Å². The van der Waals surface area contributed by atoms with Gasteiger partial charge in [0.2, 0.25) is 10.0 Å². The van der Waals surface area contributed by atoms with E-state index in [2.05, 4.69) is 4.74 Å². The van der Waals surface area contributed by atoms with Crippen LogP contribution in [0.4, 0.5) is 0 Å². The molecule has 0 fully saturated rings. The third-order valence-electron chi connectivity index (χ3n) is 1.74. The molecule has 1 atom stereocenters. The molecule has 0 aliphatic carbocycles. The number of nitriles is 1. The molecule has 0 heterocycles. The second-order valence-electron chi connectivity index (χ2n) is 3.04. The predicted molar refractivity (Wildman–Crippen MR) is 55.2 cm³/mol. The highest BCUT2D eigenvalue weighted by atomic mass is 32.2. The summed E-state index contributed by atoms with van der Waals surface area (Å²) in [5, 5.41) is 16.9. The Hall–Kier alpha value is -1.66. The van der Waals surface area contributed by atoms with Gasteiger partial charge in [-0.2, -0.15) is 5.26 Å². The van der Waals surface area contributed by atoms with Crippen molar-refractivity contribution in [1.29, 1.82) is 5.26 Å². The number of carbonyl (C=O) groups excluding carboxylic acids is 1. The molecule has 9 heteroatoms. The van der Waals surface area contributed by atoms with Crippen molar-refractivity contribution in [1.82, 2.24) is 4.72 Å². The van der Waals surface area contributed by atoms with Crippen LogP contribution in [0.15, 0.2) is 0 Å². The highest BCUT2D eigenvalue weighted by Crippen LogP contribution is 2.01. The maximum atomic E-state index is 11.1. The Labute approximate surface area is 98.2 Å². The van der Waals surface area contributed by atoms with Gasteiger partial charge in [-0.1, -0.05) is 0 Å². The Morgan fingerprint density at radius 1 is 1.53 bits per heavy atom. The fourth-order valence-electron chi connectivity index (χ4n) is 0.940. The highest BCUT2D eigenvalue weighted by molar-refractivity contribution is 7.89. The van der Waals surface area contributed by atoms with Crippen LogP contribution in [0.2, 0.25) is 0 Å². The van der Waals surface area contributed by atoms with E-state index in [-0.39, 0.29) is 12.8 Å². The third kappa shape index (κ3) is 6.49. The smallest absolute Gasteiger partial charge is 0.321 e. The quantitative estimate of drug-likeness (QED) is 0.553. The van der Waals surface area contributed by atoms with Crippen LogP contribution in [0.25, 0.3) is 0 Å². The molecule has 0 aliphatic rings. The molecule has 0 amide bonds. The van der Waals surface area contributed by atoms with Crippen LogP contribution in [0.5, 0.6) is 0 Å². The monoisotopic (exact) mass is 264 g/mol. The zero-order chi connectivity index (χ0) is 13.5. The van der Waals surface area contributed by atoms with Crippen molar-refractivity contribution >= 4 is 22.0 Å². The molecule has 1 unspecified atom stereocenters. The number of rotatable bonds is 7. The molecule has 0 aromatic carbocycles. The first-order chi connectivity index (χ1) is 7.82. The second-order valence-corrected chi connectivity index (χ2v) is 4.79. The first-order valence-electron chi connectivity index (χ1n) is 4.49. The molecule has 0 saturated carbocycles. The normalized spacial score (nSPS) is 12.5. The van der Waals surface area contributed by atoms with Crippen LogP contribution in [0.3, 0.4) is 0 Å².